The first-order valence-corrected chi connectivity index (χ1v) is 6.04. The van der Waals surface area contributed by atoms with E-state index in [4.69, 9.17) is 21.1 Å². The van der Waals surface area contributed by atoms with Gasteiger partial charge in [0.1, 0.15) is 0 Å². The fourth-order valence-electron chi connectivity index (χ4n) is 1.40. The van der Waals surface area contributed by atoms with Crippen LogP contribution in [0.3, 0.4) is 0 Å². The Kier molecular flexibility index (Phi) is 5.97. The fraction of sp³-hybridized carbons (Fsp3) is 0.778. The Hall–Kier alpha value is -0.430. The third-order valence-corrected chi connectivity index (χ3v) is 3.05. The van der Waals surface area contributed by atoms with Crippen LogP contribution in [0.25, 0.3) is 0 Å². The van der Waals surface area contributed by atoms with Crippen molar-refractivity contribution >= 4 is 29.1 Å². The Bertz CT molecular complexity index is 311. The molecule has 0 N–H and O–H groups in total. The number of hydrogen-bond acceptors (Lipinski definition) is 6. The molecule has 0 fully saturated rings. The first-order valence-electron chi connectivity index (χ1n) is 4.93. The van der Waals surface area contributed by atoms with Gasteiger partial charge in [-0.05, 0) is 6.92 Å². The second-order valence-electron chi connectivity index (χ2n) is 3.37. The SMILES string of the molecule is COCCN(c1nsnc1Cl)C(C)COC. The topological polar surface area (TPSA) is 47.5 Å². The summed E-state index contributed by atoms with van der Waals surface area (Å²) in [5.41, 5.74) is 0. The number of halogens is 1. The van der Waals surface area contributed by atoms with Gasteiger partial charge in [-0.2, -0.15) is 8.75 Å². The minimum Gasteiger partial charge on any atom is -0.383 e. The van der Waals surface area contributed by atoms with Gasteiger partial charge >= 0.3 is 0 Å². The molecular weight excluding hydrogens is 250 g/mol. The maximum Gasteiger partial charge on any atom is 0.187 e. The third-order valence-electron chi connectivity index (χ3n) is 2.18. The van der Waals surface area contributed by atoms with Crippen molar-refractivity contribution < 1.29 is 9.47 Å². The van der Waals surface area contributed by atoms with E-state index in [1.54, 1.807) is 14.2 Å². The Balaban J connectivity index is 2.74. The normalized spacial score (nSPS) is 12.8. The van der Waals surface area contributed by atoms with Gasteiger partial charge in [0.15, 0.2) is 11.0 Å². The standard InChI is InChI=1S/C9H16ClN3O2S/c1-7(6-15-3)13(4-5-14-2)9-8(10)11-16-12-9/h7H,4-6H2,1-3H3. The molecule has 0 aromatic carbocycles. The van der Waals surface area contributed by atoms with Gasteiger partial charge in [-0.25, -0.2) is 0 Å². The second-order valence-corrected chi connectivity index (χ2v) is 4.26. The Morgan fingerprint density at radius 2 is 2.12 bits per heavy atom. The zero-order chi connectivity index (χ0) is 12.0. The van der Waals surface area contributed by atoms with Crippen LogP contribution < -0.4 is 4.90 Å². The molecule has 0 amide bonds. The Labute approximate surface area is 105 Å². The zero-order valence-corrected chi connectivity index (χ0v) is 11.2. The molecule has 1 heterocycles. The van der Waals surface area contributed by atoms with E-state index in [0.29, 0.717) is 30.7 Å². The van der Waals surface area contributed by atoms with E-state index < -0.39 is 0 Å². The van der Waals surface area contributed by atoms with E-state index in [0.717, 1.165) is 11.7 Å². The lowest BCUT2D eigenvalue weighted by Crippen LogP contribution is -2.39. The van der Waals surface area contributed by atoms with Crippen LogP contribution in [-0.2, 0) is 9.47 Å². The largest absolute Gasteiger partial charge is 0.383 e. The molecule has 1 unspecified atom stereocenters. The number of nitrogens with zero attached hydrogens (tertiary/aromatic N) is 3. The molecule has 0 aliphatic heterocycles. The molecule has 92 valence electrons. The van der Waals surface area contributed by atoms with Crippen molar-refractivity contribution in [2.45, 2.75) is 13.0 Å². The third kappa shape index (κ3) is 3.55. The van der Waals surface area contributed by atoms with Crippen molar-refractivity contribution in [1.82, 2.24) is 8.75 Å². The lowest BCUT2D eigenvalue weighted by atomic mass is 10.3. The Morgan fingerprint density at radius 1 is 1.38 bits per heavy atom. The quantitative estimate of drug-likeness (QED) is 0.751. The predicted octanol–water partition coefficient (Wildman–Crippen LogP) is 1.68. The molecular formula is C9H16ClN3O2S. The summed E-state index contributed by atoms with van der Waals surface area (Å²) < 4.78 is 18.3. The number of hydrogen-bond donors (Lipinski definition) is 0. The van der Waals surface area contributed by atoms with Gasteiger partial charge in [-0.15, -0.1) is 0 Å². The van der Waals surface area contributed by atoms with E-state index in [-0.39, 0.29) is 6.04 Å². The van der Waals surface area contributed by atoms with Gasteiger partial charge in [0.05, 0.1) is 31.0 Å². The van der Waals surface area contributed by atoms with Crippen LogP contribution in [0.15, 0.2) is 0 Å². The van der Waals surface area contributed by atoms with Crippen molar-refractivity contribution in [1.29, 1.82) is 0 Å². The molecule has 1 atom stereocenters. The van der Waals surface area contributed by atoms with Crippen molar-refractivity contribution in [3.63, 3.8) is 0 Å². The molecule has 5 nitrogen and oxygen atoms in total. The summed E-state index contributed by atoms with van der Waals surface area (Å²) in [5.74, 6) is 0.702. The molecule has 16 heavy (non-hydrogen) atoms. The van der Waals surface area contributed by atoms with Gasteiger partial charge in [0.2, 0.25) is 0 Å². The fourth-order valence-corrected chi connectivity index (χ4v) is 2.16. The van der Waals surface area contributed by atoms with E-state index in [1.165, 1.54) is 0 Å². The number of aromatic nitrogens is 2. The molecule has 0 saturated heterocycles. The Morgan fingerprint density at radius 3 is 2.62 bits per heavy atom. The first-order chi connectivity index (χ1) is 7.70. The van der Waals surface area contributed by atoms with Crippen LogP contribution in [0, 0.1) is 0 Å². The van der Waals surface area contributed by atoms with E-state index in [9.17, 15) is 0 Å². The van der Waals surface area contributed by atoms with Crippen molar-refractivity contribution in [3.05, 3.63) is 5.15 Å². The van der Waals surface area contributed by atoms with Crippen molar-refractivity contribution in [2.24, 2.45) is 0 Å². The van der Waals surface area contributed by atoms with E-state index in [2.05, 4.69) is 15.7 Å². The molecule has 0 bridgehead atoms. The average molecular weight is 266 g/mol. The zero-order valence-electron chi connectivity index (χ0n) is 9.64. The highest BCUT2D eigenvalue weighted by Crippen LogP contribution is 2.24. The van der Waals surface area contributed by atoms with Crippen LogP contribution in [0.2, 0.25) is 5.15 Å². The minimum absolute atomic E-state index is 0.182. The average Bonchev–Trinajstić information content (AvgIpc) is 2.66. The molecule has 0 aliphatic rings. The van der Waals surface area contributed by atoms with Gasteiger partial charge in [-0.3, -0.25) is 0 Å². The predicted molar refractivity (Wildman–Crippen MR) is 65.5 cm³/mol. The first kappa shape index (κ1) is 13.6. The summed E-state index contributed by atoms with van der Waals surface area (Å²) >= 11 is 7.08. The molecule has 1 rings (SSSR count). The van der Waals surface area contributed by atoms with E-state index in [1.807, 2.05) is 4.90 Å². The molecule has 1 aromatic heterocycles. The summed E-state index contributed by atoms with van der Waals surface area (Å²) in [6.07, 6.45) is 0. The minimum atomic E-state index is 0.182. The number of rotatable bonds is 7. The van der Waals surface area contributed by atoms with Crippen LogP contribution in [0.1, 0.15) is 6.92 Å². The second kappa shape index (κ2) is 7.01. The highest BCUT2D eigenvalue weighted by molar-refractivity contribution is 6.99. The van der Waals surface area contributed by atoms with Gasteiger partial charge < -0.3 is 14.4 Å². The number of ether oxygens (including phenoxy) is 2. The van der Waals surface area contributed by atoms with Crippen LogP contribution >= 0.6 is 23.3 Å². The summed E-state index contributed by atoms with van der Waals surface area (Å²) in [7, 11) is 3.34. The van der Waals surface area contributed by atoms with Gasteiger partial charge in [0, 0.05) is 20.8 Å². The van der Waals surface area contributed by atoms with Crippen LogP contribution in [0.4, 0.5) is 5.82 Å². The van der Waals surface area contributed by atoms with E-state index >= 15 is 0 Å². The molecule has 1 aromatic rings. The molecule has 0 aliphatic carbocycles. The highest BCUT2D eigenvalue weighted by atomic mass is 35.5. The monoisotopic (exact) mass is 265 g/mol. The van der Waals surface area contributed by atoms with Crippen LogP contribution in [-0.4, -0.2) is 48.8 Å². The molecule has 7 heteroatoms. The number of methoxy groups -OCH3 is 2. The molecule has 0 spiro atoms. The summed E-state index contributed by atoms with van der Waals surface area (Å²) in [6, 6.07) is 0.182. The van der Waals surface area contributed by atoms with Crippen molar-refractivity contribution in [3.8, 4) is 0 Å². The summed E-state index contributed by atoms with van der Waals surface area (Å²) in [4.78, 5) is 2.04. The summed E-state index contributed by atoms with van der Waals surface area (Å²) in [6.45, 7) is 3.99. The maximum absolute atomic E-state index is 5.97. The summed E-state index contributed by atoms with van der Waals surface area (Å²) in [5, 5.41) is 0.434. The van der Waals surface area contributed by atoms with Gasteiger partial charge in [0.25, 0.3) is 0 Å². The lowest BCUT2D eigenvalue weighted by Gasteiger charge is -2.28. The lowest BCUT2D eigenvalue weighted by molar-refractivity contribution is 0.170. The molecule has 0 saturated carbocycles. The van der Waals surface area contributed by atoms with Crippen LogP contribution in [0.5, 0.6) is 0 Å². The van der Waals surface area contributed by atoms with Gasteiger partial charge in [-0.1, -0.05) is 11.6 Å². The maximum atomic E-state index is 5.97. The number of anilines is 1. The smallest absolute Gasteiger partial charge is 0.187 e. The molecule has 0 radical (unpaired) electrons. The van der Waals surface area contributed by atoms with Crippen molar-refractivity contribution in [2.75, 3.05) is 38.9 Å². The highest BCUT2D eigenvalue weighted by Gasteiger charge is 2.20.